The molecule has 0 spiro atoms. The van der Waals surface area contributed by atoms with Crippen molar-refractivity contribution in [1.82, 2.24) is 9.78 Å². The van der Waals surface area contributed by atoms with Gasteiger partial charge in [0.15, 0.2) is 0 Å². The summed E-state index contributed by atoms with van der Waals surface area (Å²) >= 11 is 0. The van der Waals surface area contributed by atoms with Crippen LogP contribution in [0.5, 0.6) is 0 Å². The average Bonchev–Trinajstić information content (AvgIpc) is 2.55. The Morgan fingerprint density at radius 3 is 3.06 bits per heavy atom. The summed E-state index contributed by atoms with van der Waals surface area (Å²) in [5, 5.41) is 2.99. The highest BCUT2D eigenvalue weighted by atomic mass is 16.5. The Bertz CT molecular complexity index is 458. The van der Waals surface area contributed by atoms with Gasteiger partial charge in [-0.1, -0.05) is 0 Å². The fraction of sp³-hybridized carbons (Fsp3) is 0.636. The predicted molar refractivity (Wildman–Crippen MR) is 58.3 cm³/mol. The molecule has 1 N–H and O–H groups in total. The lowest BCUT2D eigenvalue weighted by atomic mass is 9.87. The number of carbonyl (C=O) groups excluding carboxylic acids is 1. The van der Waals surface area contributed by atoms with Crippen LogP contribution >= 0.6 is 0 Å². The van der Waals surface area contributed by atoms with Crippen molar-refractivity contribution in [2.24, 2.45) is 7.05 Å². The number of fused-ring (bicyclic) bond motifs is 1. The van der Waals surface area contributed by atoms with E-state index in [0.29, 0.717) is 18.6 Å². The van der Waals surface area contributed by atoms with Crippen LogP contribution in [0.2, 0.25) is 0 Å². The summed E-state index contributed by atoms with van der Waals surface area (Å²) in [4.78, 5) is 23.6. The zero-order chi connectivity index (χ0) is 11.7. The summed E-state index contributed by atoms with van der Waals surface area (Å²) in [6.07, 6.45) is 2.46. The Kier molecular flexibility index (Phi) is 2.85. The van der Waals surface area contributed by atoms with E-state index in [1.165, 1.54) is 4.68 Å². The van der Waals surface area contributed by atoms with Crippen LogP contribution in [-0.4, -0.2) is 22.4 Å². The standard InChI is InChI=1S/C11H16N2O3/c1-3-16-11(15)7-5-4-6-8-9(7)10(14)13(2)12-8/h7,12H,3-6H2,1-2H3/t7-/m0/s1. The van der Waals surface area contributed by atoms with Crippen LogP contribution in [0.3, 0.4) is 0 Å². The van der Waals surface area contributed by atoms with Gasteiger partial charge in [0.05, 0.1) is 18.1 Å². The van der Waals surface area contributed by atoms with Gasteiger partial charge in [0.1, 0.15) is 0 Å². The fourth-order valence-corrected chi connectivity index (χ4v) is 2.28. The van der Waals surface area contributed by atoms with Gasteiger partial charge >= 0.3 is 5.97 Å². The largest absolute Gasteiger partial charge is 0.466 e. The molecule has 88 valence electrons. The number of rotatable bonds is 2. The number of ether oxygens (including phenoxy) is 1. The second-order valence-corrected chi connectivity index (χ2v) is 4.07. The molecule has 0 saturated carbocycles. The Morgan fingerprint density at radius 2 is 2.38 bits per heavy atom. The van der Waals surface area contributed by atoms with E-state index < -0.39 is 0 Å². The molecular formula is C11H16N2O3. The minimum absolute atomic E-state index is 0.104. The molecule has 1 atom stereocenters. The maximum atomic E-state index is 11.9. The number of aryl methyl sites for hydroxylation is 2. The number of nitrogens with zero attached hydrogens (tertiary/aromatic N) is 1. The molecule has 0 saturated heterocycles. The van der Waals surface area contributed by atoms with Crippen LogP contribution < -0.4 is 5.56 Å². The fourth-order valence-electron chi connectivity index (χ4n) is 2.28. The first-order chi connectivity index (χ1) is 7.65. The summed E-state index contributed by atoms with van der Waals surface area (Å²) in [5.41, 5.74) is 1.39. The quantitative estimate of drug-likeness (QED) is 0.752. The van der Waals surface area contributed by atoms with Gasteiger partial charge in [0.25, 0.3) is 5.56 Å². The highest BCUT2D eigenvalue weighted by Gasteiger charge is 2.32. The highest BCUT2D eigenvalue weighted by Crippen LogP contribution is 2.29. The molecule has 1 aliphatic rings. The zero-order valence-corrected chi connectivity index (χ0v) is 9.58. The summed E-state index contributed by atoms with van der Waals surface area (Å²) < 4.78 is 6.43. The topological polar surface area (TPSA) is 64.1 Å². The Hall–Kier alpha value is -1.52. The monoisotopic (exact) mass is 224 g/mol. The third kappa shape index (κ3) is 1.66. The van der Waals surface area contributed by atoms with Gasteiger partial charge in [0, 0.05) is 12.7 Å². The molecular weight excluding hydrogens is 208 g/mol. The van der Waals surface area contributed by atoms with E-state index >= 15 is 0 Å². The third-order valence-electron chi connectivity index (χ3n) is 3.00. The lowest BCUT2D eigenvalue weighted by molar-refractivity contribution is -0.145. The summed E-state index contributed by atoms with van der Waals surface area (Å²) in [7, 11) is 1.67. The van der Waals surface area contributed by atoms with Gasteiger partial charge in [-0.05, 0) is 26.2 Å². The Balaban J connectivity index is 2.39. The van der Waals surface area contributed by atoms with Crippen LogP contribution in [0, 0.1) is 0 Å². The van der Waals surface area contributed by atoms with E-state index in [1.807, 2.05) is 0 Å². The van der Waals surface area contributed by atoms with Gasteiger partial charge in [-0.15, -0.1) is 0 Å². The third-order valence-corrected chi connectivity index (χ3v) is 3.00. The summed E-state index contributed by atoms with van der Waals surface area (Å²) in [5.74, 6) is -0.659. The van der Waals surface area contributed by atoms with Crippen molar-refractivity contribution in [2.75, 3.05) is 6.61 Å². The van der Waals surface area contributed by atoms with Crippen LogP contribution in [-0.2, 0) is 23.0 Å². The maximum Gasteiger partial charge on any atom is 0.313 e. The number of carbonyl (C=O) groups is 1. The van der Waals surface area contributed by atoms with Crippen LogP contribution in [0.25, 0.3) is 0 Å². The van der Waals surface area contributed by atoms with Gasteiger partial charge in [-0.25, -0.2) is 0 Å². The number of esters is 1. The highest BCUT2D eigenvalue weighted by molar-refractivity contribution is 5.78. The first-order valence-corrected chi connectivity index (χ1v) is 5.59. The lowest BCUT2D eigenvalue weighted by Gasteiger charge is -2.19. The smallest absolute Gasteiger partial charge is 0.313 e. The molecule has 2 rings (SSSR count). The molecule has 1 aromatic rings. The number of H-pyrrole nitrogens is 1. The van der Waals surface area contributed by atoms with Crippen LogP contribution in [0.4, 0.5) is 0 Å². The van der Waals surface area contributed by atoms with Crippen molar-refractivity contribution in [1.29, 1.82) is 0 Å². The van der Waals surface area contributed by atoms with Crippen molar-refractivity contribution >= 4 is 5.97 Å². The summed E-state index contributed by atoms with van der Waals surface area (Å²) in [6, 6.07) is 0. The average molecular weight is 224 g/mol. The van der Waals surface area contributed by atoms with Crippen LogP contribution in [0.15, 0.2) is 4.79 Å². The number of hydrogen-bond acceptors (Lipinski definition) is 3. The van der Waals surface area contributed by atoms with Gasteiger partial charge < -0.3 is 4.74 Å². The molecule has 0 unspecified atom stereocenters. The molecule has 0 bridgehead atoms. The van der Waals surface area contributed by atoms with E-state index in [4.69, 9.17) is 4.74 Å². The molecule has 0 amide bonds. The predicted octanol–water partition coefficient (Wildman–Crippen LogP) is 0.696. The molecule has 1 aliphatic carbocycles. The minimum atomic E-state index is -0.381. The molecule has 5 nitrogen and oxygen atoms in total. The molecule has 0 radical (unpaired) electrons. The first kappa shape index (κ1) is 11.0. The first-order valence-electron chi connectivity index (χ1n) is 5.59. The molecule has 0 aliphatic heterocycles. The van der Waals surface area contributed by atoms with Crippen molar-refractivity contribution in [3.63, 3.8) is 0 Å². The number of hydrogen-bond donors (Lipinski definition) is 1. The van der Waals surface area contributed by atoms with Crippen molar-refractivity contribution in [3.05, 3.63) is 21.6 Å². The Morgan fingerprint density at radius 1 is 1.62 bits per heavy atom. The van der Waals surface area contributed by atoms with Crippen molar-refractivity contribution in [2.45, 2.75) is 32.1 Å². The summed E-state index contributed by atoms with van der Waals surface area (Å²) in [6.45, 7) is 2.13. The van der Waals surface area contributed by atoms with E-state index in [1.54, 1.807) is 14.0 Å². The minimum Gasteiger partial charge on any atom is -0.466 e. The molecule has 1 aromatic heterocycles. The zero-order valence-electron chi connectivity index (χ0n) is 9.58. The normalized spacial score (nSPS) is 19.2. The van der Waals surface area contributed by atoms with Gasteiger partial charge in [-0.2, -0.15) is 0 Å². The Labute approximate surface area is 93.4 Å². The lowest BCUT2D eigenvalue weighted by Crippen LogP contribution is -2.26. The van der Waals surface area contributed by atoms with E-state index in [-0.39, 0.29) is 17.4 Å². The molecule has 0 fully saturated rings. The van der Waals surface area contributed by atoms with E-state index in [2.05, 4.69) is 5.10 Å². The second-order valence-electron chi connectivity index (χ2n) is 4.07. The van der Waals surface area contributed by atoms with Gasteiger partial charge in [-0.3, -0.25) is 19.4 Å². The SMILES string of the molecule is CCOC(=O)[C@H]1CCCc2[nH]n(C)c(=O)c21. The number of aromatic nitrogens is 2. The van der Waals surface area contributed by atoms with Crippen molar-refractivity contribution < 1.29 is 9.53 Å². The molecule has 16 heavy (non-hydrogen) atoms. The second kappa shape index (κ2) is 4.15. The van der Waals surface area contributed by atoms with E-state index in [9.17, 15) is 9.59 Å². The molecule has 5 heteroatoms. The number of nitrogens with one attached hydrogen (secondary N) is 1. The van der Waals surface area contributed by atoms with E-state index in [0.717, 1.165) is 18.5 Å². The van der Waals surface area contributed by atoms with Crippen molar-refractivity contribution in [3.8, 4) is 0 Å². The van der Waals surface area contributed by atoms with Gasteiger partial charge in [0.2, 0.25) is 0 Å². The number of aromatic amines is 1. The molecule has 0 aromatic carbocycles. The molecule has 1 heterocycles. The maximum absolute atomic E-state index is 11.9. The van der Waals surface area contributed by atoms with Crippen LogP contribution in [0.1, 0.15) is 36.9 Å².